The molecule has 0 bridgehead atoms. The number of benzene rings is 10. The molecular formula is C61H46. The van der Waals surface area contributed by atoms with Crippen LogP contribution in [-0.2, 0) is 16.2 Å². The van der Waals surface area contributed by atoms with Gasteiger partial charge in [0, 0.05) is 16.2 Å². The molecule has 61 heavy (non-hydrogen) atoms. The van der Waals surface area contributed by atoms with E-state index in [1.807, 2.05) is 0 Å². The van der Waals surface area contributed by atoms with Crippen LogP contribution in [0.5, 0.6) is 0 Å². The summed E-state index contributed by atoms with van der Waals surface area (Å²) < 4.78 is 0. The van der Waals surface area contributed by atoms with E-state index in [0.717, 1.165) is 0 Å². The highest BCUT2D eigenvalue weighted by atomic mass is 14.5. The summed E-state index contributed by atoms with van der Waals surface area (Å²) >= 11 is 0. The fraction of sp³-hybridized carbons (Fsp3) is 0.148. The van der Waals surface area contributed by atoms with E-state index < -0.39 is 0 Å². The number of hydrogen-bond acceptors (Lipinski definition) is 0. The Morgan fingerprint density at radius 3 is 0.951 bits per heavy atom. The third-order valence-corrected chi connectivity index (χ3v) is 15.4. The van der Waals surface area contributed by atoms with Crippen LogP contribution in [0.3, 0.4) is 0 Å². The van der Waals surface area contributed by atoms with E-state index >= 15 is 0 Å². The fourth-order valence-corrected chi connectivity index (χ4v) is 12.2. The predicted octanol–water partition coefficient (Wildman–Crippen LogP) is 16.6. The summed E-state index contributed by atoms with van der Waals surface area (Å²) in [6.45, 7) is 14.7. The number of hydrogen-bond donors (Lipinski definition) is 0. The van der Waals surface area contributed by atoms with Crippen LogP contribution in [0, 0.1) is 0 Å². The van der Waals surface area contributed by atoms with E-state index in [0.29, 0.717) is 0 Å². The summed E-state index contributed by atoms with van der Waals surface area (Å²) in [6, 6.07) is 64.9. The lowest BCUT2D eigenvalue weighted by Crippen LogP contribution is -2.17. The zero-order chi connectivity index (χ0) is 41.2. The second kappa shape index (κ2) is 11.7. The minimum atomic E-state index is -0.181. The smallest absolute Gasteiger partial charge is 0.0159 e. The van der Waals surface area contributed by atoms with Crippen molar-refractivity contribution in [2.24, 2.45) is 0 Å². The second-order valence-electron chi connectivity index (χ2n) is 19.6. The van der Waals surface area contributed by atoms with Gasteiger partial charge in [-0.05, 0) is 169 Å². The van der Waals surface area contributed by atoms with E-state index in [4.69, 9.17) is 0 Å². The van der Waals surface area contributed by atoms with Crippen LogP contribution in [0.2, 0.25) is 0 Å². The average molecular weight is 779 g/mol. The summed E-state index contributed by atoms with van der Waals surface area (Å²) in [7, 11) is 0. The summed E-state index contributed by atoms with van der Waals surface area (Å²) in [5.74, 6) is 0. The van der Waals surface area contributed by atoms with Crippen LogP contribution in [0.4, 0.5) is 0 Å². The van der Waals surface area contributed by atoms with E-state index in [-0.39, 0.29) is 16.2 Å². The molecule has 0 saturated carbocycles. The minimum Gasteiger partial charge on any atom is -0.0616 e. The zero-order valence-electron chi connectivity index (χ0n) is 35.7. The molecule has 0 heteroatoms. The lowest BCUT2D eigenvalue weighted by atomic mass is 9.78. The molecule has 3 aliphatic rings. The molecule has 0 amide bonds. The third kappa shape index (κ3) is 4.45. The van der Waals surface area contributed by atoms with Gasteiger partial charge in [0.15, 0.2) is 0 Å². The predicted molar refractivity (Wildman–Crippen MR) is 260 cm³/mol. The maximum atomic E-state index is 2.60. The van der Waals surface area contributed by atoms with Crippen LogP contribution < -0.4 is 0 Å². The molecule has 0 saturated heterocycles. The molecule has 0 N–H and O–H groups in total. The Morgan fingerprint density at radius 2 is 0.525 bits per heavy atom. The van der Waals surface area contributed by atoms with Gasteiger partial charge >= 0.3 is 0 Å². The average Bonchev–Trinajstić information content (AvgIpc) is 3.75. The standard InChI is InChI=1S/C61H46/c1-59(2)51-33-49-53(60(3,4)55-29-45(41-23-11-13-25-43(41)57(49)55)39-27-15-19-35-17-7-9-21-37(35)39)31-47(51)48-32-54-50(34-52(48)59)58-44-26-14-12-24-42(44)46(30-56(58)61(54,5)6)40-28-16-20-36-18-8-10-22-38(36)40/h7-34H,1-6H3. The first-order chi connectivity index (χ1) is 29.5. The highest BCUT2D eigenvalue weighted by molar-refractivity contribution is 6.14. The van der Waals surface area contributed by atoms with Gasteiger partial charge in [0.25, 0.3) is 0 Å². The highest BCUT2D eigenvalue weighted by Gasteiger charge is 2.45. The molecule has 0 aliphatic heterocycles. The zero-order valence-corrected chi connectivity index (χ0v) is 35.7. The Bertz CT molecular complexity index is 3360. The maximum absolute atomic E-state index is 2.60. The molecular weight excluding hydrogens is 733 g/mol. The topological polar surface area (TPSA) is 0 Å². The molecule has 0 aromatic heterocycles. The van der Waals surface area contributed by atoms with Crippen molar-refractivity contribution < 1.29 is 0 Å². The molecule has 290 valence electrons. The van der Waals surface area contributed by atoms with Crippen LogP contribution in [0.15, 0.2) is 170 Å². The molecule has 10 aromatic rings. The van der Waals surface area contributed by atoms with Crippen molar-refractivity contribution in [3.8, 4) is 55.6 Å². The number of rotatable bonds is 2. The van der Waals surface area contributed by atoms with E-state index in [1.165, 1.54) is 132 Å². The Morgan fingerprint density at radius 1 is 0.230 bits per heavy atom. The van der Waals surface area contributed by atoms with Crippen molar-refractivity contribution in [2.75, 3.05) is 0 Å². The molecule has 0 heterocycles. The molecule has 0 unspecified atom stereocenters. The number of fused-ring (bicyclic) bond motifs is 15. The van der Waals surface area contributed by atoms with Crippen molar-refractivity contribution in [1.29, 1.82) is 0 Å². The van der Waals surface area contributed by atoms with E-state index in [1.54, 1.807) is 0 Å². The van der Waals surface area contributed by atoms with Gasteiger partial charge in [-0.25, -0.2) is 0 Å². The summed E-state index contributed by atoms with van der Waals surface area (Å²) in [6.07, 6.45) is 0. The summed E-state index contributed by atoms with van der Waals surface area (Å²) in [5, 5.41) is 10.5. The quantitative estimate of drug-likeness (QED) is 0.164. The summed E-state index contributed by atoms with van der Waals surface area (Å²) in [5.41, 5.74) is 21.7. The first-order valence-electron chi connectivity index (χ1n) is 22.0. The van der Waals surface area contributed by atoms with Gasteiger partial charge in [-0.3, -0.25) is 0 Å². The molecule has 0 fully saturated rings. The third-order valence-electron chi connectivity index (χ3n) is 15.4. The lowest BCUT2D eigenvalue weighted by molar-refractivity contribution is 0.649. The van der Waals surface area contributed by atoms with Crippen LogP contribution in [0.25, 0.3) is 98.7 Å². The minimum absolute atomic E-state index is 0.175. The SMILES string of the molecule is CC1(C)c2cc3c(cc2-c2cc4c(cc21)-c1c(cc(-c2cccc5ccccc25)c2ccccc12)C4(C)C)C(C)(C)c1cc(-c2cccc4ccccc24)c2ccccc2c1-3. The molecule has 0 atom stereocenters. The maximum Gasteiger partial charge on any atom is 0.0159 e. The van der Waals surface area contributed by atoms with Crippen molar-refractivity contribution in [1.82, 2.24) is 0 Å². The normalized spacial score (nSPS) is 15.8. The van der Waals surface area contributed by atoms with Crippen molar-refractivity contribution >= 4 is 43.1 Å². The molecule has 10 aromatic carbocycles. The molecule has 0 radical (unpaired) electrons. The van der Waals surface area contributed by atoms with Gasteiger partial charge in [0.1, 0.15) is 0 Å². The highest BCUT2D eigenvalue weighted by Crippen LogP contribution is 2.61. The van der Waals surface area contributed by atoms with Gasteiger partial charge in [-0.2, -0.15) is 0 Å². The Kier molecular flexibility index (Phi) is 6.74. The Balaban J connectivity index is 1.01. The van der Waals surface area contributed by atoms with Crippen molar-refractivity contribution in [3.63, 3.8) is 0 Å². The Hall–Kier alpha value is -6.76. The molecule has 0 spiro atoms. The van der Waals surface area contributed by atoms with Gasteiger partial charge in [0.2, 0.25) is 0 Å². The van der Waals surface area contributed by atoms with Gasteiger partial charge in [-0.1, -0.05) is 175 Å². The largest absolute Gasteiger partial charge is 0.0616 e. The first kappa shape index (κ1) is 35.0. The first-order valence-corrected chi connectivity index (χ1v) is 22.0. The van der Waals surface area contributed by atoms with Crippen LogP contribution >= 0.6 is 0 Å². The Labute approximate surface area is 358 Å². The van der Waals surface area contributed by atoms with Crippen molar-refractivity contribution in [2.45, 2.75) is 57.8 Å². The molecule has 3 aliphatic carbocycles. The van der Waals surface area contributed by atoms with Crippen LogP contribution in [0.1, 0.15) is 74.9 Å². The van der Waals surface area contributed by atoms with Gasteiger partial charge in [-0.15, -0.1) is 0 Å². The van der Waals surface area contributed by atoms with E-state index in [2.05, 4.69) is 211 Å². The van der Waals surface area contributed by atoms with Gasteiger partial charge < -0.3 is 0 Å². The van der Waals surface area contributed by atoms with Crippen LogP contribution in [-0.4, -0.2) is 0 Å². The monoisotopic (exact) mass is 778 g/mol. The fourth-order valence-electron chi connectivity index (χ4n) is 12.2. The molecule has 0 nitrogen and oxygen atoms in total. The lowest BCUT2D eigenvalue weighted by Gasteiger charge is -2.25. The summed E-state index contributed by atoms with van der Waals surface area (Å²) in [4.78, 5) is 0. The van der Waals surface area contributed by atoms with Gasteiger partial charge in [0.05, 0.1) is 0 Å². The van der Waals surface area contributed by atoms with E-state index in [9.17, 15) is 0 Å². The second-order valence-corrected chi connectivity index (χ2v) is 19.6. The van der Waals surface area contributed by atoms with Crippen molar-refractivity contribution in [3.05, 3.63) is 203 Å². The molecule has 13 rings (SSSR count).